The summed E-state index contributed by atoms with van der Waals surface area (Å²) in [6.45, 7) is 2.74. The number of carbonyl (C=O) groups excluding carboxylic acids is 1. The molecule has 0 aliphatic heterocycles. The van der Waals surface area contributed by atoms with Crippen LogP contribution in [0.2, 0.25) is 0 Å². The molecule has 1 rings (SSSR count). The number of ether oxygens (including phenoxy) is 3. The standard InChI is InChI=1S/C15H22O4/c1-4-7-12-8-5-6-9-14(12)15(16)19-13(10-17-2)11-18-3/h5-6,8-9,13H,4,7,10-11H2,1-3H3. The van der Waals surface area contributed by atoms with Crippen molar-refractivity contribution in [2.24, 2.45) is 0 Å². The molecule has 0 fully saturated rings. The Labute approximate surface area is 114 Å². The van der Waals surface area contributed by atoms with E-state index in [1.165, 1.54) is 0 Å². The summed E-state index contributed by atoms with van der Waals surface area (Å²) in [6.07, 6.45) is 1.48. The molecule has 0 aliphatic carbocycles. The maximum Gasteiger partial charge on any atom is 0.338 e. The van der Waals surface area contributed by atoms with Crippen molar-refractivity contribution in [3.63, 3.8) is 0 Å². The zero-order valence-electron chi connectivity index (χ0n) is 11.8. The summed E-state index contributed by atoms with van der Waals surface area (Å²) in [4.78, 5) is 12.2. The highest BCUT2D eigenvalue weighted by atomic mass is 16.6. The predicted molar refractivity (Wildman–Crippen MR) is 73.4 cm³/mol. The lowest BCUT2D eigenvalue weighted by Crippen LogP contribution is -2.28. The highest BCUT2D eigenvalue weighted by Gasteiger charge is 2.18. The van der Waals surface area contributed by atoms with Crippen LogP contribution in [0.15, 0.2) is 24.3 Å². The fraction of sp³-hybridized carbons (Fsp3) is 0.533. The maximum atomic E-state index is 12.2. The van der Waals surface area contributed by atoms with Gasteiger partial charge in [-0.05, 0) is 18.1 Å². The van der Waals surface area contributed by atoms with Crippen LogP contribution in [0.5, 0.6) is 0 Å². The van der Waals surface area contributed by atoms with Gasteiger partial charge in [-0.1, -0.05) is 31.5 Å². The number of esters is 1. The van der Waals surface area contributed by atoms with Gasteiger partial charge in [-0.25, -0.2) is 4.79 Å². The van der Waals surface area contributed by atoms with E-state index >= 15 is 0 Å². The highest BCUT2D eigenvalue weighted by Crippen LogP contribution is 2.13. The van der Waals surface area contributed by atoms with Gasteiger partial charge < -0.3 is 14.2 Å². The van der Waals surface area contributed by atoms with Crippen molar-refractivity contribution in [1.29, 1.82) is 0 Å². The summed E-state index contributed by atoms with van der Waals surface area (Å²) in [5.74, 6) is -0.317. The first-order chi connectivity index (χ1) is 9.22. The summed E-state index contributed by atoms with van der Waals surface area (Å²) in [6, 6.07) is 7.53. The minimum atomic E-state index is -0.378. The van der Waals surface area contributed by atoms with Gasteiger partial charge >= 0.3 is 5.97 Å². The average Bonchev–Trinajstić information content (AvgIpc) is 2.40. The monoisotopic (exact) mass is 266 g/mol. The average molecular weight is 266 g/mol. The number of benzene rings is 1. The van der Waals surface area contributed by atoms with Crippen LogP contribution in [-0.4, -0.2) is 39.5 Å². The summed E-state index contributed by atoms with van der Waals surface area (Å²) < 4.78 is 15.4. The van der Waals surface area contributed by atoms with Crippen LogP contribution in [0.3, 0.4) is 0 Å². The SMILES string of the molecule is CCCc1ccccc1C(=O)OC(COC)COC. The van der Waals surface area contributed by atoms with Crippen molar-refractivity contribution in [1.82, 2.24) is 0 Å². The molecule has 0 saturated heterocycles. The molecule has 4 heteroatoms. The number of hydrogen-bond acceptors (Lipinski definition) is 4. The van der Waals surface area contributed by atoms with E-state index in [-0.39, 0.29) is 12.1 Å². The van der Waals surface area contributed by atoms with Gasteiger partial charge in [0.25, 0.3) is 0 Å². The summed E-state index contributed by atoms with van der Waals surface area (Å²) >= 11 is 0. The lowest BCUT2D eigenvalue weighted by atomic mass is 10.0. The molecule has 19 heavy (non-hydrogen) atoms. The lowest BCUT2D eigenvalue weighted by molar-refractivity contribution is -0.0224. The molecule has 1 aromatic carbocycles. The van der Waals surface area contributed by atoms with Crippen LogP contribution < -0.4 is 0 Å². The van der Waals surface area contributed by atoms with Gasteiger partial charge in [0, 0.05) is 14.2 Å². The molecule has 0 aromatic heterocycles. The summed E-state index contributed by atoms with van der Waals surface area (Å²) in [5.41, 5.74) is 1.64. The van der Waals surface area contributed by atoms with E-state index in [0.717, 1.165) is 18.4 Å². The molecule has 0 radical (unpaired) electrons. The van der Waals surface area contributed by atoms with E-state index in [0.29, 0.717) is 18.8 Å². The normalized spacial score (nSPS) is 10.7. The second kappa shape index (κ2) is 8.67. The van der Waals surface area contributed by atoms with E-state index in [2.05, 4.69) is 6.92 Å². The van der Waals surface area contributed by atoms with Crippen LogP contribution >= 0.6 is 0 Å². The van der Waals surface area contributed by atoms with Crippen molar-refractivity contribution >= 4 is 5.97 Å². The Kier molecular flexibility index (Phi) is 7.15. The molecule has 0 bridgehead atoms. The van der Waals surface area contributed by atoms with Crippen LogP contribution in [0, 0.1) is 0 Å². The summed E-state index contributed by atoms with van der Waals surface area (Å²) in [7, 11) is 3.14. The molecule has 0 unspecified atom stereocenters. The van der Waals surface area contributed by atoms with Crippen molar-refractivity contribution in [2.75, 3.05) is 27.4 Å². The number of aryl methyl sites for hydroxylation is 1. The Morgan fingerprint density at radius 2 is 1.79 bits per heavy atom. The quantitative estimate of drug-likeness (QED) is 0.678. The van der Waals surface area contributed by atoms with Gasteiger partial charge in [0.2, 0.25) is 0 Å². The van der Waals surface area contributed by atoms with E-state index in [1.807, 2.05) is 18.2 Å². The van der Waals surface area contributed by atoms with Gasteiger partial charge in [0.1, 0.15) is 6.10 Å². The van der Waals surface area contributed by atoms with Gasteiger partial charge in [-0.2, -0.15) is 0 Å². The van der Waals surface area contributed by atoms with Crippen LogP contribution in [0.4, 0.5) is 0 Å². The molecule has 0 atom stereocenters. The first kappa shape index (κ1) is 15.7. The van der Waals surface area contributed by atoms with Crippen LogP contribution in [0.1, 0.15) is 29.3 Å². The van der Waals surface area contributed by atoms with E-state index < -0.39 is 0 Å². The van der Waals surface area contributed by atoms with Crippen molar-refractivity contribution in [3.8, 4) is 0 Å². The topological polar surface area (TPSA) is 44.8 Å². The molecule has 0 aliphatic rings. The second-order valence-corrected chi connectivity index (χ2v) is 4.35. The third-order valence-corrected chi connectivity index (χ3v) is 2.74. The number of carbonyl (C=O) groups is 1. The molecule has 106 valence electrons. The molecule has 0 heterocycles. The van der Waals surface area contributed by atoms with Crippen LogP contribution in [-0.2, 0) is 20.6 Å². The molecular weight excluding hydrogens is 244 g/mol. The Hall–Kier alpha value is -1.39. The zero-order valence-corrected chi connectivity index (χ0v) is 11.8. The van der Waals surface area contributed by atoms with Crippen LogP contribution in [0.25, 0.3) is 0 Å². The fourth-order valence-corrected chi connectivity index (χ4v) is 1.91. The third kappa shape index (κ3) is 5.01. The largest absolute Gasteiger partial charge is 0.454 e. The molecule has 0 spiro atoms. The maximum absolute atomic E-state index is 12.2. The molecule has 4 nitrogen and oxygen atoms in total. The Morgan fingerprint density at radius 3 is 2.37 bits per heavy atom. The summed E-state index contributed by atoms with van der Waals surface area (Å²) in [5, 5.41) is 0. The van der Waals surface area contributed by atoms with Crippen molar-refractivity contribution < 1.29 is 19.0 Å². The van der Waals surface area contributed by atoms with Crippen molar-refractivity contribution in [2.45, 2.75) is 25.9 Å². The van der Waals surface area contributed by atoms with Gasteiger partial charge in [-0.15, -0.1) is 0 Å². The zero-order chi connectivity index (χ0) is 14.1. The molecule has 0 saturated carbocycles. The molecule has 0 amide bonds. The van der Waals surface area contributed by atoms with E-state index in [9.17, 15) is 4.79 Å². The minimum Gasteiger partial charge on any atom is -0.454 e. The first-order valence-corrected chi connectivity index (χ1v) is 6.49. The number of methoxy groups -OCH3 is 2. The Morgan fingerprint density at radius 1 is 1.16 bits per heavy atom. The lowest BCUT2D eigenvalue weighted by Gasteiger charge is -2.17. The Balaban J connectivity index is 2.75. The Bertz CT molecular complexity index is 383. The third-order valence-electron chi connectivity index (χ3n) is 2.74. The molecule has 0 N–H and O–H groups in total. The fourth-order valence-electron chi connectivity index (χ4n) is 1.91. The van der Waals surface area contributed by atoms with E-state index in [4.69, 9.17) is 14.2 Å². The molecule has 1 aromatic rings. The van der Waals surface area contributed by atoms with Gasteiger partial charge in [0.05, 0.1) is 18.8 Å². The number of hydrogen-bond donors (Lipinski definition) is 0. The van der Waals surface area contributed by atoms with Gasteiger partial charge in [0.15, 0.2) is 0 Å². The predicted octanol–water partition coefficient (Wildman–Crippen LogP) is 2.46. The smallest absolute Gasteiger partial charge is 0.338 e. The highest BCUT2D eigenvalue weighted by molar-refractivity contribution is 5.91. The molecular formula is C15H22O4. The van der Waals surface area contributed by atoms with Crippen molar-refractivity contribution in [3.05, 3.63) is 35.4 Å². The minimum absolute atomic E-state index is 0.317. The first-order valence-electron chi connectivity index (χ1n) is 6.49. The second-order valence-electron chi connectivity index (χ2n) is 4.35. The van der Waals surface area contributed by atoms with E-state index in [1.54, 1.807) is 20.3 Å². The van der Waals surface area contributed by atoms with Gasteiger partial charge in [-0.3, -0.25) is 0 Å². The number of rotatable bonds is 8.